The summed E-state index contributed by atoms with van der Waals surface area (Å²) in [6, 6.07) is 11.0. The summed E-state index contributed by atoms with van der Waals surface area (Å²) >= 11 is 0. The molecule has 0 bridgehead atoms. The van der Waals surface area contributed by atoms with Crippen LogP contribution in [-0.2, 0) is 14.8 Å². The number of amides is 1. The third kappa shape index (κ3) is 3.65. The Hall–Kier alpha value is -2.61. The molecule has 0 aliphatic carbocycles. The Morgan fingerprint density at radius 3 is 2.33 bits per heavy atom. The molecule has 1 N–H and O–H groups in total. The average molecular weight is 352 g/mol. The van der Waals surface area contributed by atoms with Gasteiger partial charge in [-0.1, -0.05) is 12.1 Å². The first-order chi connectivity index (χ1) is 11.4. The Bertz CT molecular complexity index is 822. The first kappa shape index (κ1) is 17.7. The van der Waals surface area contributed by atoms with Crippen molar-refractivity contribution in [2.45, 2.75) is 4.90 Å². The zero-order valence-electron chi connectivity index (χ0n) is 13.2. The molecule has 0 radical (unpaired) electrons. The number of sulfonamides is 1. The van der Waals surface area contributed by atoms with Gasteiger partial charge in [-0.25, -0.2) is 12.8 Å². The normalized spacial score (nSPS) is 11.0. The fourth-order valence-corrected chi connectivity index (χ4v) is 3.47. The van der Waals surface area contributed by atoms with Gasteiger partial charge in [0.05, 0.1) is 17.7 Å². The van der Waals surface area contributed by atoms with Crippen molar-refractivity contribution in [3.05, 3.63) is 54.3 Å². The molecule has 0 aromatic heterocycles. The van der Waals surface area contributed by atoms with Gasteiger partial charge in [0.25, 0.3) is 10.0 Å². The third-order valence-electron chi connectivity index (χ3n) is 3.33. The van der Waals surface area contributed by atoms with Crippen molar-refractivity contribution < 1.29 is 22.3 Å². The van der Waals surface area contributed by atoms with E-state index in [-0.39, 0.29) is 10.6 Å². The lowest BCUT2D eigenvalue weighted by Gasteiger charge is -2.24. The smallest absolute Gasteiger partial charge is 0.264 e. The number of hydrogen-bond donors (Lipinski definition) is 1. The van der Waals surface area contributed by atoms with E-state index in [4.69, 9.17) is 4.74 Å². The number of hydrogen-bond acceptors (Lipinski definition) is 4. The van der Waals surface area contributed by atoms with Crippen LogP contribution in [0, 0.1) is 5.82 Å². The van der Waals surface area contributed by atoms with E-state index in [2.05, 4.69) is 5.32 Å². The van der Waals surface area contributed by atoms with Gasteiger partial charge < -0.3 is 10.1 Å². The number of methoxy groups -OCH3 is 1. The Balaban J connectivity index is 2.52. The average Bonchev–Trinajstić information content (AvgIpc) is 2.60. The van der Waals surface area contributed by atoms with Crippen molar-refractivity contribution in [3.8, 4) is 5.75 Å². The minimum Gasteiger partial charge on any atom is -0.497 e. The van der Waals surface area contributed by atoms with Crippen LogP contribution < -0.4 is 14.4 Å². The summed E-state index contributed by atoms with van der Waals surface area (Å²) in [6.45, 7) is -0.536. The zero-order valence-corrected chi connectivity index (χ0v) is 14.0. The molecule has 128 valence electrons. The van der Waals surface area contributed by atoms with Crippen molar-refractivity contribution in [2.24, 2.45) is 0 Å². The standard InChI is InChI=1S/C16H17FN2O4S/c1-18-16(20)11-19(15-6-4-3-5-14(15)17)24(21,22)13-9-7-12(23-2)8-10-13/h3-10H,11H2,1-2H3,(H,18,20). The third-order valence-corrected chi connectivity index (χ3v) is 5.11. The lowest BCUT2D eigenvalue weighted by atomic mass is 10.3. The number of halogens is 1. The number of rotatable bonds is 6. The van der Waals surface area contributed by atoms with E-state index < -0.39 is 28.3 Å². The van der Waals surface area contributed by atoms with Crippen LogP contribution in [0.15, 0.2) is 53.4 Å². The number of para-hydroxylation sites is 1. The summed E-state index contributed by atoms with van der Waals surface area (Å²) in [5.74, 6) is -0.813. The molecular formula is C16H17FN2O4S. The second kappa shape index (κ2) is 7.31. The molecule has 0 fully saturated rings. The van der Waals surface area contributed by atoms with Gasteiger partial charge in [-0.2, -0.15) is 0 Å². The number of nitrogens with one attached hydrogen (secondary N) is 1. The molecule has 2 rings (SSSR count). The van der Waals surface area contributed by atoms with Crippen LogP contribution in [0.25, 0.3) is 0 Å². The highest BCUT2D eigenvalue weighted by molar-refractivity contribution is 7.92. The quantitative estimate of drug-likeness (QED) is 0.860. The molecule has 0 aliphatic heterocycles. The number of anilines is 1. The second-order valence-corrected chi connectivity index (χ2v) is 6.67. The maximum absolute atomic E-state index is 14.1. The fourth-order valence-electron chi connectivity index (χ4n) is 2.04. The first-order valence-electron chi connectivity index (χ1n) is 7.02. The summed E-state index contributed by atoms with van der Waals surface area (Å²) < 4.78 is 45.6. The Kier molecular flexibility index (Phi) is 5.40. The highest BCUT2D eigenvalue weighted by Crippen LogP contribution is 2.27. The highest BCUT2D eigenvalue weighted by atomic mass is 32.2. The largest absolute Gasteiger partial charge is 0.497 e. The summed E-state index contributed by atoms with van der Waals surface area (Å²) in [7, 11) is -1.29. The van der Waals surface area contributed by atoms with Gasteiger partial charge in [0.1, 0.15) is 18.1 Å². The SMILES string of the molecule is CNC(=O)CN(c1ccccc1F)S(=O)(=O)c1ccc(OC)cc1. The van der Waals surface area contributed by atoms with Crippen LogP contribution in [0.4, 0.5) is 10.1 Å². The van der Waals surface area contributed by atoms with E-state index in [1.54, 1.807) is 0 Å². The van der Waals surface area contributed by atoms with E-state index in [1.807, 2.05) is 0 Å². The van der Waals surface area contributed by atoms with Crippen molar-refractivity contribution >= 4 is 21.6 Å². The van der Waals surface area contributed by atoms with E-state index in [0.717, 1.165) is 10.4 Å². The van der Waals surface area contributed by atoms with Crippen LogP contribution in [-0.4, -0.2) is 35.0 Å². The number of ether oxygens (including phenoxy) is 1. The van der Waals surface area contributed by atoms with Gasteiger partial charge in [0, 0.05) is 7.05 Å². The molecular weight excluding hydrogens is 335 g/mol. The van der Waals surface area contributed by atoms with E-state index in [0.29, 0.717) is 5.75 Å². The minimum absolute atomic E-state index is 0.0737. The molecule has 6 nitrogen and oxygen atoms in total. The number of carbonyl (C=O) groups excluding carboxylic acids is 1. The van der Waals surface area contributed by atoms with E-state index >= 15 is 0 Å². The van der Waals surface area contributed by atoms with Crippen molar-refractivity contribution in [2.75, 3.05) is 25.0 Å². The Labute approximate surface area is 139 Å². The molecule has 0 unspecified atom stereocenters. The molecule has 2 aromatic rings. The summed E-state index contributed by atoms with van der Waals surface area (Å²) in [5, 5.41) is 2.34. The van der Waals surface area contributed by atoms with Crippen LogP contribution in [0.2, 0.25) is 0 Å². The van der Waals surface area contributed by atoms with Crippen LogP contribution >= 0.6 is 0 Å². The zero-order chi connectivity index (χ0) is 17.7. The van der Waals surface area contributed by atoms with Crippen molar-refractivity contribution in [3.63, 3.8) is 0 Å². The molecule has 0 saturated carbocycles. The molecule has 8 heteroatoms. The number of likely N-dealkylation sites (N-methyl/N-ethyl adjacent to an activating group) is 1. The van der Waals surface area contributed by atoms with Gasteiger partial charge in [-0.3, -0.25) is 9.10 Å². The monoisotopic (exact) mass is 352 g/mol. The van der Waals surface area contributed by atoms with Crippen LogP contribution in [0.5, 0.6) is 5.75 Å². The summed E-state index contributed by atoms with van der Waals surface area (Å²) in [4.78, 5) is 11.7. The molecule has 0 aliphatic rings. The van der Waals surface area contributed by atoms with Gasteiger partial charge in [-0.15, -0.1) is 0 Å². The van der Waals surface area contributed by atoms with Crippen molar-refractivity contribution in [1.82, 2.24) is 5.32 Å². The number of benzene rings is 2. The minimum atomic E-state index is -4.13. The molecule has 0 heterocycles. The second-order valence-electron chi connectivity index (χ2n) is 4.81. The van der Waals surface area contributed by atoms with E-state index in [9.17, 15) is 17.6 Å². The van der Waals surface area contributed by atoms with E-state index in [1.165, 1.54) is 56.6 Å². The Morgan fingerprint density at radius 1 is 1.17 bits per heavy atom. The predicted octanol–water partition coefficient (Wildman–Crippen LogP) is 1.78. The summed E-state index contributed by atoms with van der Waals surface area (Å²) in [6.07, 6.45) is 0. The maximum atomic E-state index is 14.1. The lowest BCUT2D eigenvalue weighted by Crippen LogP contribution is -2.40. The molecule has 0 atom stereocenters. The molecule has 24 heavy (non-hydrogen) atoms. The van der Waals surface area contributed by atoms with Gasteiger partial charge in [-0.05, 0) is 36.4 Å². The predicted molar refractivity (Wildman–Crippen MR) is 88.0 cm³/mol. The van der Waals surface area contributed by atoms with Crippen molar-refractivity contribution in [1.29, 1.82) is 0 Å². The van der Waals surface area contributed by atoms with Gasteiger partial charge in [0.2, 0.25) is 5.91 Å². The fraction of sp³-hybridized carbons (Fsp3) is 0.188. The Morgan fingerprint density at radius 2 is 1.79 bits per heavy atom. The van der Waals surface area contributed by atoms with Gasteiger partial charge in [0.15, 0.2) is 0 Å². The lowest BCUT2D eigenvalue weighted by molar-refractivity contribution is -0.119. The van der Waals surface area contributed by atoms with Gasteiger partial charge >= 0.3 is 0 Å². The highest BCUT2D eigenvalue weighted by Gasteiger charge is 2.28. The number of nitrogens with zero attached hydrogens (tertiary/aromatic N) is 1. The molecule has 0 saturated heterocycles. The van der Waals surface area contributed by atoms with Crippen LogP contribution in [0.3, 0.4) is 0 Å². The molecule has 2 aromatic carbocycles. The molecule has 0 spiro atoms. The maximum Gasteiger partial charge on any atom is 0.264 e. The first-order valence-corrected chi connectivity index (χ1v) is 8.46. The summed E-state index contributed by atoms with van der Waals surface area (Å²) in [5.41, 5.74) is -0.197. The topological polar surface area (TPSA) is 75.7 Å². The number of carbonyl (C=O) groups is 1. The van der Waals surface area contributed by atoms with Crippen LogP contribution in [0.1, 0.15) is 0 Å². The molecule has 1 amide bonds.